The fourth-order valence-corrected chi connectivity index (χ4v) is 7.51. The molecule has 1 unspecified atom stereocenters. The van der Waals surface area contributed by atoms with Gasteiger partial charge in [0, 0.05) is 33.4 Å². The Morgan fingerprint density at radius 2 is 1.40 bits per heavy atom. The van der Waals surface area contributed by atoms with E-state index in [1.54, 1.807) is 6.08 Å². The highest BCUT2D eigenvalue weighted by molar-refractivity contribution is 7.50. The largest absolute Gasteiger partial charge is 0.573 e. The lowest BCUT2D eigenvalue weighted by Crippen LogP contribution is -2.31. The van der Waals surface area contributed by atoms with E-state index in [1.807, 2.05) is 30.3 Å². The zero-order valence-corrected chi connectivity index (χ0v) is 22.0. The molecule has 5 aromatic rings. The van der Waals surface area contributed by atoms with Crippen molar-refractivity contribution in [1.29, 1.82) is 0 Å². The minimum atomic E-state index is -4.78. The molecule has 4 aromatic carbocycles. The number of hydrogen-bond donors (Lipinski definition) is 0. The number of benzene rings is 4. The summed E-state index contributed by atoms with van der Waals surface area (Å²) in [5.41, 5.74) is -0.502. The van der Waals surface area contributed by atoms with Crippen molar-refractivity contribution in [1.82, 2.24) is 0 Å². The SMILES string of the molecule is O=C(COc1ccc(-[s+]2c3ccccc3c3ccccc32)cc1)OC1(c2ccc(OC(F)(F)F)cc2)C=CCC1. The maximum absolute atomic E-state index is 12.8. The first-order chi connectivity index (χ1) is 19.3. The van der Waals surface area contributed by atoms with Gasteiger partial charge in [0.25, 0.3) is 0 Å². The molecule has 0 bridgehead atoms. The first-order valence-electron chi connectivity index (χ1n) is 12.7. The van der Waals surface area contributed by atoms with E-state index >= 15 is 0 Å². The average Bonchev–Trinajstić information content (AvgIpc) is 3.55. The Morgan fingerprint density at radius 3 is 1.98 bits per heavy atom. The van der Waals surface area contributed by atoms with Gasteiger partial charge in [-0.05, 0) is 73.0 Å². The Labute approximate surface area is 231 Å². The van der Waals surface area contributed by atoms with Crippen LogP contribution in [0.4, 0.5) is 13.2 Å². The van der Waals surface area contributed by atoms with E-state index in [2.05, 4.69) is 53.3 Å². The molecule has 4 nitrogen and oxygen atoms in total. The molecular formula is C32H24F3O4S+. The van der Waals surface area contributed by atoms with Gasteiger partial charge in [0.15, 0.2) is 26.5 Å². The van der Waals surface area contributed by atoms with Gasteiger partial charge >= 0.3 is 12.3 Å². The van der Waals surface area contributed by atoms with Crippen LogP contribution in [0.2, 0.25) is 0 Å². The summed E-state index contributed by atoms with van der Waals surface area (Å²) in [6.45, 7) is -0.304. The Bertz CT molecular complexity index is 1650. The number of ether oxygens (including phenoxy) is 3. The number of carbonyl (C=O) groups excluding carboxylic acids is 1. The second-order valence-corrected chi connectivity index (χ2v) is 11.4. The standard InChI is InChI=1S/C32H24F3O4S/c33-32(34,35)38-24-13-11-22(12-14-24)31(19-5-6-20-31)39-30(36)21-37-23-15-17-25(18-16-23)40-28-9-3-1-7-26(28)27-8-2-4-10-29(27)40/h1-5,7-19H,6,20-21H2/q+1. The molecule has 0 N–H and O–H groups in total. The summed E-state index contributed by atoms with van der Waals surface area (Å²) in [5.74, 6) is -0.377. The van der Waals surface area contributed by atoms with Gasteiger partial charge in [0.05, 0.1) is 0 Å². The summed E-state index contributed by atoms with van der Waals surface area (Å²) in [4.78, 5) is 14.0. The lowest BCUT2D eigenvalue weighted by Gasteiger charge is -2.28. The van der Waals surface area contributed by atoms with Gasteiger partial charge in [-0.25, -0.2) is 4.79 Å². The van der Waals surface area contributed by atoms with Crippen LogP contribution in [0.1, 0.15) is 18.4 Å². The molecule has 0 amide bonds. The van der Waals surface area contributed by atoms with Crippen molar-refractivity contribution >= 4 is 36.6 Å². The summed E-state index contributed by atoms with van der Waals surface area (Å²) in [7, 11) is -0.225. The van der Waals surface area contributed by atoms with Crippen LogP contribution in [0.3, 0.4) is 0 Å². The van der Waals surface area contributed by atoms with Crippen molar-refractivity contribution in [2.24, 2.45) is 0 Å². The molecule has 1 aliphatic rings. The average molecular weight is 562 g/mol. The molecule has 0 fully saturated rings. The molecule has 6 rings (SSSR count). The zero-order valence-electron chi connectivity index (χ0n) is 21.2. The summed E-state index contributed by atoms with van der Waals surface area (Å²) < 4.78 is 55.6. The molecule has 0 saturated heterocycles. The number of carbonyl (C=O) groups is 1. The van der Waals surface area contributed by atoms with Gasteiger partial charge in [-0.3, -0.25) is 0 Å². The van der Waals surface area contributed by atoms with E-state index in [9.17, 15) is 18.0 Å². The Kier molecular flexibility index (Phi) is 6.72. The van der Waals surface area contributed by atoms with E-state index < -0.39 is 17.9 Å². The lowest BCUT2D eigenvalue weighted by molar-refractivity contribution is -0.274. The topological polar surface area (TPSA) is 44.8 Å². The maximum Gasteiger partial charge on any atom is 0.573 e. The highest BCUT2D eigenvalue weighted by Gasteiger charge is 2.37. The van der Waals surface area contributed by atoms with Crippen molar-refractivity contribution in [3.05, 3.63) is 115 Å². The number of fused-ring (bicyclic) bond motifs is 3. The van der Waals surface area contributed by atoms with Crippen LogP contribution >= 0.6 is 10.5 Å². The van der Waals surface area contributed by atoms with Crippen LogP contribution in [0.5, 0.6) is 11.5 Å². The summed E-state index contributed by atoms with van der Waals surface area (Å²) in [6, 6.07) is 30.0. The third-order valence-electron chi connectivity index (χ3n) is 6.86. The van der Waals surface area contributed by atoms with Gasteiger partial charge in [-0.1, -0.05) is 42.5 Å². The molecular weight excluding hydrogens is 537 g/mol. The van der Waals surface area contributed by atoms with Crippen LogP contribution in [-0.4, -0.2) is 18.9 Å². The smallest absolute Gasteiger partial charge is 0.482 e. The number of halogens is 3. The van der Waals surface area contributed by atoms with Crippen LogP contribution < -0.4 is 9.47 Å². The van der Waals surface area contributed by atoms with E-state index in [0.717, 1.165) is 4.90 Å². The number of allylic oxidation sites excluding steroid dienone is 1. The molecule has 40 heavy (non-hydrogen) atoms. The first kappa shape index (κ1) is 26.0. The van der Waals surface area contributed by atoms with E-state index in [0.29, 0.717) is 24.2 Å². The fourth-order valence-electron chi connectivity index (χ4n) is 5.13. The third-order valence-corrected chi connectivity index (χ3v) is 9.20. The Balaban J connectivity index is 1.15. The normalized spacial score (nSPS) is 16.9. The molecule has 202 valence electrons. The molecule has 1 aromatic heterocycles. The maximum atomic E-state index is 12.8. The quantitative estimate of drug-likeness (QED) is 0.113. The third kappa shape index (κ3) is 5.14. The van der Waals surface area contributed by atoms with Gasteiger partial charge < -0.3 is 14.2 Å². The fraction of sp³-hybridized carbons (Fsp3) is 0.156. The van der Waals surface area contributed by atoms with Gasteiger partial charge in [-0.15, -0.1) is 13.2 Å². The zero-order chi connectivity index (χ0) is 27.7. The summed E-state index contributed by atoms with van der Waals surface area (Å²) in [6.07, 6.45) is 0.0222. The minimum Gasteiger partial charge on any atom is -0.482 e. The van der Waals surface area contributed by atoms with Gasteiger partial charge in [0.1, 0.15) is 11.5 Å². The predicted molar refractivity (Wildman–Crippen MR) is 150 cm³/mol. The molecule has 0 saturated carbocycles. The van der Waals surface area contributed by atoms with Crippen molar-refractivity contribution in [2.75, 3.05) is 6.61 Å². The molecule has 1 aliphatic carbocycles. The first-order valence-corrected chi connectivity index (χ1v) is 14.0. The van der Waals surface area contributed by atoms with E-state index in [1.165, 1.54) is 44.4 Å². The number of rotatable bonds is 7. The number of alkyl halides is 3. The Hall–Kier alpha value is -4.30. The van der Waals surface area contributed by atoms with Gasteiger partial charge in [0.2, 0.25) is 0 Å². The van der Waals surface area contributed by atoms with Crippen molar-refractivity contribution in [3.8, 4) is 16.4 Å². The number of hydrogen-bond acceptors (Lipinski definition) is 4. The molecule has 1 atom stereocenters. The second kappa shape index (κ2) is 10.4. The lowest BCUT2D eigenvalue weighted by atomic mass is 9.93. The monoisotopic (exact) mass is 561 g/mol. The van der Waals surface area contributed by atoms with Crippen LogP contribution in [0.15, 0.2) is 109 Å². The summed E-state index contributed by atoms with van der Waals surface area (Å²) in [5, 5.41) is 2.50. The van der Waals surface area contributed by atoms with Crippen molar-refractivity contribution < 1.29 is 32.2 Å². The van der Waals surface area contributed by atoms with E-state index in [4.69, 9.17) is 9.47 Å². The summed E-state index contributed by atoms with van der Waals surface area (Å²) >= 11 is 0. The van der Waals surface area contributed by atoms with Crippen LogP contribution in [0.25, 0.3) is 25.1 Å². The molecule has 8 heteroatoms. The second-order valence-electron chi connectivity index (χ2n) is 9.44. The van der Waals surface area contributed by atoms with Crippen LogP contribution in [-0.2, 0) is 15.1 Å². The Morgan fingerprint density at radius 1 is 0.800 bits per heavy atom. The predicted octanol–water partition coefficient (Wildman–Crippen LogP) is 8.80. The highest BCUT2D eigenvalue weighted by Crippen LogP contribution is 2.48. The molecule has 0 aliphatic heterocycles. The van der Waals surface area contributed by atoms with Crippen molar-refractivity contribution in [3.63, 3.8) is 0 Å². The van der Waals surface area contributed by atoms with Crippen LogP contribution in [0, 0.1) is 0 Å². The van der Waals surface area contributed by atoms with Gasteiger partial charge in [-0.2, -0.15) is 0 Å². The minimum absolute atomic E-state index is 0.225. The van der Waals surface area contributed by atoms with Crippen molar-refractivity contribution in [2.45, 2.75) is 24.8 Å². The highest BCUT2D eigenvalue weighted by atomic mass is 32.2. The van der Waals surface area contributed by atoms with E-state index in [-0.39, 0.29) is 22.8 Å². The molecule has 0 spiro atoms. The molecule has 1 heterocycles. The molecule has 0 radical (unpaired) electrons. The number of esters is 1. The number of thiophene rings is 1.